The molecule has 3 N–H and O–H groups in total. The van der Waals surface area contributed by atoms with Crippen LogP contribution >= 0.6 is 12.4 Å². The molecule has 8 heteroatoms. The highest BCUT2D eigenvalue weighted by atomic mass is 35.5. The van der Waals surface area contributed by atoms with Crippen LogP contribution in [0, 0.1) is 5.82 Å². The number of nitrogens with zero attached hydrogens (tertiary/aromatic N) is 3. The lowest BCUT2D eigenvalue weighted by Gasteiger charge is -2.08. The van der Waals surface area contributed by atoms with Crippen LogP contribution in [0.3, 0.4) is 0 Å². The summed E-state index contributed by atoms with van der Waals surface area (Å²) in [4.78, 5) is 16.5. The second kappa shape index (κ2) is 8.77. The van der Waals surface area contributed by atoms with Crippen molar-refractivity contribution in [1.29, 1.82) is 0 Å². The van der Waals surface area contributed by atoms with Crippen molar-refractivity contribution in [3.05, 3.63) is 60.8 Å². The third-order valence-electron chi connectivity index (χ3n) is 4.25. The maximum atomic E-state index is 13.4. The zero-order valence-corrected chi connectivity index (χ0v) is 15.7. The van der Waals surface area contributed by atoms with Crippen LogP contribution in [0.25, 0.3) is 33.5 Å². The standard InChI is InChI=1S/C20H18FN5O.ClH/c21-15-4-2-13(3-5-15)17-18(26-20-19(17)24-9-10-25-20)14-6-8-23-16(12-14)22-7-1-11-27;/h2-6,8-10,12,27H,1,7,11H2,(H,22,23)(H,25,26);1H. The summed E-state index contributed by atoms with van der Waals surface area (Å²) in [5.41, 5.74) is 4.87. The molecule has 0 aliphatic carbocycles. The van der Waals surface area contributed by atoms with Crippen molar-refractivity contribution in [3.63, 3.8) is 0 Å². The first kappa shape index (κ1) is 19.7. The fraction of sp³-hybridized carbons (Fsp3) is 0.150. The van der Waals surface area contributed by atoms with Crippen LogP contribution in [0.1, 0.15) is 6.42 Å². The third kappa shape index (κ3) is 3.95. The van der Waals surface area contributed by atoms with Crippen LogP contribution < -0.4 is 5.32 Å². The van der Waals surface area contributed by atoms with E-state index >= 15 is 0 Å². The number of rotatable bonds is 6. The molecular formula is C20H19ClFN5O. The van der Waals surface area contributed by atoms with Crippen molar-refractivity contribution < 1.29 is 9.50 Å². The predicted molar refractivity (Wildman–Crippen MR) is 110 cm³/mol. The molecule has 0 radical (unpaired) electrons. The Bertz CT molecular complexity index is 1070. The Morgan fingerprint density at radius 1 is 0.964 bits per heavy atom. The second-order valence-electron chi connectivity index (χ2n) is 6.07. The van der Waals surface area contributed by atoms with Crippen LogP contribution in [-0.4, -0.2) is 38.2 Å². The van der Waals surface area contributed by atoms with E-state index in [1.165, 1.54) is 12.1 Å². The normalized spacial score (nSPS) is 10.6. The summed E-state index contributed by atoms with van der Waals surface area (Å²) in [5, 5.41) is 12.1. The van der Waals surface area contributed by atoms with Crippen LogP contribution in [0.2, 0.25) is 0 Å². The van der Waals surface area contributed by atoms with Gasteiger partial charge >= 0.3 is 0 Å². The summed E-state index contributed by atoms with van der Waals surface area (Å²) in [6, 6.07) is 10.2. The maximum Gasteiger partial charge on any atom is 0.157 e. The number of aliphatic hydroxyl groups excluding tert-OH is 1. The lowest BCUT2D eigenvalue weighted by Crippen LogP contribution is -2.04. The summed E-state index contributed by atoms with van der Waals surface area (Å²) in [6.45, 7) is 0.758. The quantitative estimate of drug-likeness (QED) is 0.426. The molecule has 0 amide bonds. The Hall–Kier alpha value is -3.03. The largest absolute Gasteiger partial charge is 0.396 e. The van der Waals surface area contributed by atoms with Crippen molar-refractivity contribution in [1.82, 2.24) is 19.9 Å². The maximum absolute atomic E-state index is 13.4. The Labute approximate surface area is 167 Å². The van der Waals surface area contributed by atoms with Gasteiger partial charge in [0, 0.05) is 42.9 Å². The fourth-order valence-corrected chi connectivity index (χ4v) is 3.00. The lowest BCUT2D eigenvalue weighted by molar-refractivity contribution is 0.292. The molecule has 0 unspecified atom stereocenters. The van der Waals surface area contributed by atoms with Crippen LogP contribution in [0.4, 0.5) is 10.2 Å². The Morgan fingerprint density at radius 2 is 1.75 bits per heavy atom. The monoisotopic (exact) mass is 399 g/mol. The number of benzene rings is 1. The Balaban J connectivity index is 0.00000225. The highest BCUT2D eigenvalue weighted by molar-refractivity contribution is 6.00. The smallest absolute Gasteiger partial charge is 0.157 e. The van der Waals surface area contributed by atoms with Crippen molar-refractivity contribution in [2.45, 2.75) is 6.42 Å². The molecule has 3 aromatic heterocycles. The zero-order valence-electron chi connectivity index (χ0n) is 14.9. The minimum absolute atomic E-state index is 0. The molecule has 0 spiro atoms. The van der Waals surface area contributed by atoms with Gasteiger partial charge in [0.05, 0.1) is 5.69 Å². The van der Waals surface area contributed by atoms with E-state index in [0.29, 0.717) is 24.4 Å². The summed E-state index contributed by atoms with van der Waals surface area (Å²) < 4.78 is 13.4. The highest BCUT2D eigenvalue weighted by Crippen LogP contribution is 2.37. The van der Waals surface area contributed by atoms with Crippen LogP contribution in [-0.2, 0) is 0 Å². The lowest BCUT2D eigenvalue weighted by atomic mass is 10.0. The number of aromatic nitrogens is 4. The van der Waals surface area contributed by atoms with Crippen LogP contribution in [0.5, 0.6) is 0 Å². The summed E-state index contributed by atoms with van der Waals surface area (Å²) in [7, 11) is 0. The molecule has 0 aliphatic rings. The molecule has 144 valence electrons. The SMILES string of the molecule is Cl.OCCCNc1cc(-c2[nH]c3nccnc3c2-c2ccc(F)cc2)ccn1. The average molecular weight is 400 g/mol. The first-order valence-electron chi connectivity index (χ1n) is 8.66. The molecule has 0 saturated heterocycles. The van der Waals surface area contributed by atoms with E-state index in [1.807, 2.05) is 12.1 Å². The molecule has 0 fully saturated rings. The van der Waals surface area contributed by atoms with E-state index in [9.17, 15) is 4.39 Å². The molecular weight excluding hydrogens is 381 g/mol. The number of hydrogen-bond donors (Lipinski definition) is 3. The van der Waals surface area contributed by atoms with Gasteiger partial charge in [0.25, 0.3) is 0 Å². The first-order valence-corrected chi connectivity index (χ1v) is 8.66. The minimum atomic E-state index is -0.287. The number of nitrogens with one attached hydrogen (secondary N) is 2. The summed E-state index contributed by atoms with van der Waals surface area (Å²) in [5.74, 6) is 0.427. The topological polar surface area (TPSA) is 86.7 Å². The average Bonchev–Trinajstić information content (AvgIpc) is 3.09. The molecule has 28 heavy (non-hydrogen) atoms. The van der Waals surface area contributed by atoms with Crippen molar-refractivity contribution in [2.24, 2.45) is 0 Å². The fourth-order valence-electron chi connectivity index (χ4n) is 3.00. The van der Waals surface area contributed by atoms with Gasteiger partial charge in [-0.2, -0.15) is 0 Å². The molecule has 0 aliphatic heterocycles. The molecule has 4 aromatic rings. The Morgan fingerprint density at radius 3 is 2.54 bits per heavy atom. The zero-order chi connectivity index (χ0) is 18.6. The molecule has 4 rings (SSSR count). The molecule has 1 aromatic carbocycles. The number of pyridine rings is 1. The van der Waals surface area contributed by atoms with Gasteiger partial charge in [-0.05, 0) is 36.2 Å². The number of H-pyrrole nitrogens is 1. The van der Waals surface area contributed by atoms with Crippen molar-refractivity contribution >= 4 is 29.4 Å². The molecule has 0 bridgehead atoms. The van der Waals surface area contributed by atoms with E-state index in [2.05, 4.69) is 25.3 Å². The van der Waals surface area contributed by atoms with E-state index in [0.717, 1.165) is 27.9 Å². The van der Waals surface area contributed by atoms with E-state index in [-0.39, 0.29) is 24.8 Å². The summed E-state index contributed by atoms with van der Waals surface area (Å²) >= 11 is 0. The van der Waals surface area contributed by atoms with Gasteiger partial charge in [0.15, 0.2) is 5.65 Å². The number of fused-ring (bicyclic) bond motifs is 1. The van der Waals surface area contributed by atoms with Crippen LogP contribution in [0.15, 0.2) is 55.0 Å². The first-order chi connectivity index (χ1) is 13.3. The van der Waals surface area contributed by atoms with Crippen molar-refractivity contribution in [3.8, 4) is 22.4 Å². The molecule has 0 saturated carbocycles. The number of anilines is 1. The van der Waals surface area contributed by atoms with E-state index in [1.54, 1.807) is 30.7 Å². The van der Waals surface area contributed by atoms with Gasteiger partial charge < -0.3 is 15.4 Å². The molecule has 3 heterocycles. The summed E-state index contributed by atoms with van der Waals surface area (Å²) in [6.07, 6.45) is 5.64. The van der Waals surface area contributed by atoms with Gasteiger partial charge in [-0.3, -0.25) is 4.98 Å². The highest BCUT2D eigenvalue weighted by Gasteiger charge is 2.17. The molecule has 6 nitrogen and oxygen atoms in total. The van der Waals surface area contributed by atoms with E-state index < -0.39 is 0 Å². The molecule has 0 atom stereocenters. The third-order valence-corrected chi connectivity index (χ3v) is 4.25. The van der Waals surface area contributed by atoms with E-state index in [4.69, 9.17) is 5.11 Å². The Kier molecular flexibility index (Phi) is 6.18. The van der Waals surface area contributed by atoms with Gasteiger partial charge in [-0.1, -0.05) is 12.1 Å². The number of halogens is 2. The minimum Gasteiger partial charge on any atom is -0.396 e. The van der Waals surface area contributed by atoms with Gasteiger partial charge in [0.1, 0.15) is 17.2 Å². The van der Waals surface area contributed by atoms with Crippen molar-refractivity contribution in [2.75, 3.05) is 18.5 Å². The van der Waals surface area contributed by atoms with Gasteiger partial charge in [-0.15, -0.1) is 12.4 Å². The number of aliphatic hydroxyl groups is 1. The van der Waals surface area contributed by atoms with Gasteiger partial charge in [0.2, 0.25) is 0 Å². The second-order valence-corrected chi connectivity index (χ2v) is 6.07. The number of hydrogen-bond acceptors (Lipinski definition) is 5. The predicted octanol–water partition coefficient (Wildman–Crippen LogP) is 4.04. The van der Waals surface area contributed by atoms with Gasteiger partial charge in [-0.25, -0.2) is 14.4 Å². The number of aromatic amines is 1.